The van der Waals surface area contributed by atoms with E-state index in [0.29, 0.717) is 18.3 Å². The van der Waals surface area contributed by atoms with E-state index in [9.17, 15) is 13.2 Å². The molecule has 0 unspecified atom stereocenters. The minimum Gasteiger partial charge on any atom is -0.491 e. The van der Waals surface area contributed by atoms with Crippen LogP contribution < -0.4 is 10.1 Å². The van der Waals surface area contributed by atoms with E-state index >= 15 is 0 Å². The van der Waals surface area contributed by atoms with Crippen molar-refractivity contribution in [2.24, 2.45) is 0 Å². The molecular formula is C14H19BrF3NO2. The van der Waals surface area contributed by atoms with Gasteiger partial charge >= 0.3 is 6.36 Å². The zero-order chi connectivity index (χ0) is 16.0. The Morgan fingerprint density at radius 1 is 1.24 bits per heavy atom. The quantitative estimate of drug-likeness (QED) is 0.731. The van der Waals surface area contributed by atoms with Crippen molar-refractivity contribution in [2.75, 3.05) is 13.2 Å². The van der Waals surface area contributed by atoms with E-state index in [1.807, 2.05) is 32.9 Å². The molecule has 7 heteroatoms. The van der Waals surface area contributed by atoms with Crippen LogP contribution in [0.2, 0.25) is 0 Å². The number of rotatable bonds is 7. The van der Waals surface area contributed by atoms with E-state index in [-0.39, 0.29) is 6.61 Å². The molecule has 1 rings (SSSR count). The molecular weight excluding hydrogens is 351 g/mol. The molecule has 0 fully saturated rings. The Bertz CT molecular complexity index is 464. The van der Waals surface area contributed by atoms with Crippen molar-refractivity contribution in [1.82, 2.24) is 5.32 Å². The van der Waals surface area contributed by atoms with E-state index in [1.165, 1.54) is 0 Å². The van der Waals surface area contributed by atoms with Crippen LogP contribution in [-0.2, 0) is 11.3 Å². The molecule has 0 atom stereocenters. The monoisotopic (exact) mass is 369 g/mol. The number of ether oxygens (including phenoxy) is 2. The van der Waals surface area contributed by atoms with Gasteiger partial charge in [-0.2, -0.15) is 0 Å². The van der Waals surface area contributed by atoms with E-state index in [1.54, 1.807) is 0 Å². The average molecular weight is 370 g/mol. The summed E-state index contributed by atoms with van der Waals surface area (Å²) in [5.74, 6) is 0.595. The molecule has 0 saturated heterocycles. The van der Waals surface area contributed by atoms with Gasteiger partial charge in [0.05, 0.1) is 6.61 Å². The summed E-state index contributed by atoms with van der Waals surface area (Å²) in [6.07, 6.45) is -4.62. The Hall–Kier alpha value is -0.790. The molecule has 0 aliphatic heterocycles. The van der Waals surface area contributed by atoms with E-state index in [2.05, 4.69) is 26.0 Å². The topological polar surface area (TPSA) is 30.5 Å². The first-order valence-electron chi connectivity index (χ1n) is 6.55. The SMILES string of the molecule is Cc1cc(Br)cc(CNC(C)C)c1OCCOC(F)(F)F. The molecule has 21 heavy (non-hydrogen) atoms. The Balaban J connectivity index is 2.70. The number of benzene rings is 1. The van der Waals surface area contributed by atoms with Crippen molar-refractivity contribution in [3.63, 3.8) is 0 Å². The Kier molecular flexibility index (Phi) is 6.96. The fourth-order valence-corrected chi connectivity index (χ4v) is 2.37. The summed E-state index contributed by atoms with van der Waals surface area (Å²) >= 11 is 3.41. The molecule has 1 aromatic carbocycles. The molecule has 0 saturated carbocycles. The summed E-state index contributed by atoms with van der Waals surface area (Å²) in [4.78, 5) is 0. The van der Waals surface area contributed by atoms with E-state index in [0.717, 1.165) is 15.6 Å². The van der Waals surface area contributed by atoms with Crippen molar-refractivity contribution >= 4 is 15.9 Å². The Morgan fingerprint density at radius 2 is 1.90 bits per heavy atom. The molecule has 1 aromatic rings. The van der Waals surface area contributed by atoms with Gasteiger partial charge in [-0.05, 0) is 24.6 Å². The van der Waals surface area contributed by atoms with Crippen LogP contribution in [0.1, 0.15) is 25.0 Å². The van der Waals surface area contributed by atoms with Gasteiger partial charge in [0.2, 0.25) is 0 Å². The Morgan fingerprint density at radius 3 is 2.48 bits per heavy atom. The van der Waals surface area contributed by atoms with Crippen molar-refractivity contribution in [3.05, 3.63) is 27.7 Å². The normalized spacial score (nSPS) is 12.0. The number of hydrogen-bond acceptors (Lipinski definition) is 3. The predicted octanol–water partition coefficient (Wildman–Crippen LogP) is 4.17. The second kappa shape index (κ2) is 8.00. The first-order chi connectivity index (χ1) is 9.69. The zero-order valence-corrected chi connectivity index (χ0v) is 13.8. The average Bonchev–Trinajstić information content (AvgIpc) is 2.32. The van der Waals surface area contributed by atoms with Crippen molar-refractivity contribution < 1.29 is 22.6 Å². The third-order valence-corrected chi connectivity index (χ3v) is 3.07. The summed E-state index contributed by atoms with van der Waals surface area (Å²) in [6, 6.07) is 4.05. The summed E-state index contributed by atoms with van der Waals surface area (Å²) in [5, 5.41) is 3.26. The lowest BCUT2D eigenvalue weighted by molar-refractivity contribution is -0.325. The predicted molar refractivity (Wildman–Crippen MR) is 78.4 cm³/mol. The lowest BCUT2D eigenvalue weighted by Crippen LogP contribution is -2.23. The molecule has 1 N–H and O–H groups in total. The number of aryl methyl sites for hydroxylation is 1. The number of alkyl halides is 3. The highest BCUT2D eigenvalue weighted by Gasteiger charge is 2.28. The highest BCUT2D eigenvalue weighted by Crippen LogP contribution is 2.28. The second-order valence-electron chi connectivity index (χ2n) is 4.89. The van der Waals surface area contributed by atoms with Gasteiger partial charge in [0, 0.05) is 22.6 Å². The van der Waals surface area contributed by atoms with E-state index < -0.39 is 13.0 Å². The lowest BCUT2D eigenvalue weighted by atomic mass is 10.1. The third-order valence-electron chi connectivity index (χ3n) is 2.61. The summed E-state index contributed by atoms with van der Waals surface area (Å²) in [7, 11) is 0. The van der Waals surface area contributed by atoms with Crippen molar-refractivity contribution in [3.8, 4) is 5.75 Å². The van der Waals surface area contributed by atoms with Gasteiger partial charge in [-0.15, -0.1) is 13.2 Å². The minimum absolute atomic E-state index is 0.156. The van der Waals surface area contributed by atoms with Crippen LogP contribution in [0.15, 0.2) is 16.6 Å². The fraction of sp³-hybridized carbons (Fsp3) is 0.571. The third kappa shape index (κ3) is 7.15. The molecule has 0 aromatic heterocycles. The van der Waals surface area contributed by atoms with Gasteiger partial charge in [-0.25, -0.2) is 0 Å². The van der Waals surface area contributed by atoms with Gasteiger partial charge in [0.15, 0.2) is 0 Å². The first-order valence-corrected chi connectivity index (χ1v) is 7.34. The van der Waals surface area contributed by atoms with Crippen LogP contribution in [0.25, 0.3) is 0 Å². The smallest absolute Gasteiger partial charge is 0.491 e. The molecule has 0 heterocycles. The summed E-state index contributed by atoms with van der Waals surface area (Å²) in [5.41, 5.74) is 1.75. The van der Waals surface area contributed by atoms with Crippen LogP contribution in [0.5, 0.6) is 5.75 Å². The van der Waals surface area contributed by atoms with Crippen LogP contribution >= 0.6 is 15.9 Å². The van der Waals surface area contributed by atoms with Gasteiger partial charge in [0.1, 0.15) is 12.4 Å². The van der Waals surface area contributed by atoms with Gasteiger partial charge in [0.25, 0.3) is 0 Å². The summed E-state index contributed by atoms with van der Waals surface area (Å²) < 4.78 is 45.8. The largest absolute Gasteiger partial charge is 0.522 e. The maximum atomic E-state index is 11.9. The van der Waals surface area contributed by atoms with Crippen molar-refractivity contribution in [1.29, 1.82) is 0 Å². The van der Waals surface area contributed by atoms with Gasteiger partial charge < -0.3 is 10.1 Å². The molecule has 3 nitrogen and oxygen atoms in total. The van der Waals surface area contributed by atoms with E-state index in [4.69, 9.17) is 4.74 Å². The summed E-state index contributed by atoms with van der Waals surface area (Å²) in [6.45, 7) is 5.77. The molecule has 0 aliphatic carbocycles. The molecule has 0 radical (unpaired) electrons. The maximum Gasteiger partial charge on any atom is 0.522 e. The highest BCUT2D eigenvalue weighted by molar-refractivity contribution is 9.10. The number of nitrogens with one attached hydrogen (secondary N) is 1. The van der Waals surface area contributed by atoms with Crippen LogP contribution in [0.3, 0.4) is 0 Å². The highest BCUT2D eigenvalue weighted by atomic mass is 79.9. The molecule has 0 aliphatic rings. The lowest BCUT2D eigenvalue weighted by Gasteiger charge is -2.17. The molecule has 0 spiro atoms. The van der Waals surface area contributed by atoms with Crippen LogP contribution in [0, 0.1) is 6.92 Å². The standard InChI is InChI=1S/C14H19BrF3NO2/c1-9(2)19-8-11-7-12(15)6-10(3)13(11)20-4-5-21-14(16,17)18/h6-7,9,19H,4-5,8H2,1-3H3. The number of halogens is 4. The zero-order valence-electron chi connectivity index (χ0n) is 12.2. The number of hydrogen-bond donors (Lipinski definition) is 1. The minimum atomic E-state index is -4.62. The van der Waals surface area contributed by atoms with Gasteiger partial charge in [-0.3, -0.25) is 4.74 Å². The molecule has 0 bridgehead atoms. The van der Waals surface area contributed by atoms with Gasteiger partial charge in [-0.1, -0.05) is 29.8 Å². The maximum absolute atomic E-state index is 11.9. The fourth-order valence-electron chi connectivity index (χ4n) is 1.75. The van der Waals surface area contributed by atoms with Crippen LogP contribution in [0.4, 0.5) is 13.2 Å². The van der Waals surface area contributed by atoms with Crippen molar-refractivity contribution in [2.45, 2.75) is 39.7 Å². The second-order valence-corrected chi connectivity index (χ2v) is 5.80. The Labute approximate surface area is 130 Å². The van der Waals surface area contributed by atoms with Crippen LogP contribution in [-0.4, -0.2) is 25.6 Å². The molecule has 120 valence electrons. The molecule has 0 amide bonds. The first kappa shape index (κ1) is 18.3.